The highest BCUT2D eigenvalue weighted by Crippen LogP contribution is 2.59. The molecule has 1 N–H and O–H groups in total. The number of aryl methyl sites for hydroxylation is 1. The first-order chi connectivity index (χ1) is 12.5. The lowest BCUT2D eigenvalue weighted by molar-refractivity contribution is 0.0126. The molecule has 1 aliphatic carbocycles. The number of hydrogen-bond acceptors (Lipinski definition) is 6. The minimum absolute atomic E-state index is 0.0668. The summed E-state index contributed by atoms with van der Waals surface area (Å²) in [6.45, 7) is 5.45. The quantitative estimate of drug-likeness (QED) is 0.800. The Hall–Kier alpha value is -1.73. The van der Waals surface area contributed by atoms with E-state index in [4.69, 9.17) is 4.74 Å². The van der Waals surface area contributed by atoms with Crippen LogP contribution in [0.5, 0.6) is 0 Å². The van der Waals surface area contributed by atoms with Gasteiger partial charge in [-0.1, -0.05) is 13.0 Å². The zero-order valence-electron chi connectivity index (χ0n) is 14.8. The van der Waals surface area contributed by atoms with Crippen molar-refractivity contribution in [2.24, 2.45) is 11.8 Å². The number of pyridine rings is 1. The lowest BCUT2D eigenvalue weighted by Crippen LogP contribution is -2.50. The molecule has 1 aromatic heterocycles. The third-order valence-electron chi connectivity index (χ3n) is 5.76. The van der Waals surface area contributed by atoms with Gasteiger partial charge in [0.2, 0.25) is 0 Å². The summed E-state index contributed by atoms with van der Waals surface area (Å²) in [5.41, 5.74) is 0.321. The minimum atomic E-state index is -3.66. The summed E-state index contributed by atoms with van der Waals surface area (Å²) in [5.74, 6) is 0.471. The molecule has 0 radical (unpaired) electrons. The van der Waals surface area contributed by atoms with Crippen LogP contribution in [-0.4, -0.2) is 67.5 Å². The number of nitriles is 1. The van der Waals surface area contributed by atoms with Crippen molar-refractivity contribution in [1.82, 2.24) is 14.2 Å². The van der Waals surface area contributed by atoms with Crippen molar-refractivity contribution < 1.29 is 13.2 Å². The molecule has 0 amide bonds. The SMILES string of the molecule is CCc1cccc(NS(=O)(=O)N2CC3C(C2)C3(C#N)N2CCOCC2)n1. The summed E-state index contributed by atoms with van der Waals surface area (Å²) in [6.07, 6.45) is 0.744. The standard InChI is InChI=1S/C17H23N5O3S/c1-2-13-4-3-5-16(19-13)20-26(23,24)22-10-14-15(11-22)17(14,12-18)21-6-8-25-9-7-21/h3-5,14-15H,2,6-11H2,1H3,(H,19,20). The van der Waals surface area contributed by atoms with Crippen LogP contribution in [0.4, 0.5) is 5.82 Å². The van der Waals surface area contributed by atoms with Crippen LogP contribution >= 0.6 is 0 Å². The van der Waals surface area contributed by atoms with Crippen LogP contribution in [0.1, 0.15) is 12.6 Å². The van der Waals surface area contributed by atoms with Gasteiger partial charge in [0.1, 0.15) is 11.4 Å². The van der Waals surface area contributed by atoms with Crippen LogP contribution in [0, 0.1) is 23.2 Å². The zero-order valence-corrected chi connectivity index (χ0v) is 15.6. The summed E-state index contributed by atoms with van der Waals surface area (Å²) in [4.78, 5) is 6.48. The Kier molecular flexibility index (Phi) is 4.39. The fraction of sp³-hybridized carbons (Fsp3) is 0.647. The maximum atomic E-state index is 12.7. The highest BCUT2D eigenvalue weighted by atomic mass is 32.2. The monoisotopic (exact) mass is 377 g/mol. The van der Waals surface area contributed by atoms with Crippen LogP contribution in [0.25, 0.3) is 0 Å². The lowest BCUT2D eigenvalue weighted by atomic mass is 10.1. The molecule has 1 saturated carbocycles. The largest absolute Gasteiger partial charge is 0.379 e. The zero-order chi connectivity index (χ0) is 18.4. The molecule has 2 atom stereocenters. The molecule has 8 nitrogen and oxygen atoms in total. The number of piperidine rings is 1. The Morgan fingerprint density at radius 2 is 2.04 bits per heavy atom. The van der Waals surface area contributed by atoms with Crippen molar-refractivity contribution in [2.45, 2.75) is 18.9 Å². The molecule has 140 valence electrons. The lowest BCUT2D eigenvalue weighted by Gasteiger charge is -2.34. The van der Waals surface area contributed by atoms with E-state index in [0.717, 1.165) is 25.2 Å². The average Bonchev–Trinajstić information content (AvgIpc) is 3.02. The van der Waals surface area contributed by atoms with Crippen LogP contribution in [0.2, 0.25) is 0 Å². The van der Waals surface area contributed by atoms with Crippen LogP contribution in [0.3, 0.4) is 0 Å². The highest BCUT2D eigenvalue weighted by Gasteiger charge is 2.73. The number of morpholine rings is 1. The Bertz CT molecular complexity index is 819. The molecule has 2 unspecified atom stereocenters. The van der Waals surface area contributed by atoms with Gasteiger partial charge in [0.15, 0.2) is 0 Å². The number of rotatable bonds is 5. The summed E-state index contributed by atoms with van der Waals surface area (Å²) in [5, 5.41) is 9.77. The van der Waals surface area contributed by atoms with Crippen molar-refractivity contribution in [2.75, 3.05) is 44.1 Å². The maximum Gasteiger partial charge on any atom is 0.302 e. The number of nitrogens with one attached hydrogen (secondary N) is 1. The van der Waals surface area contributed by atoms with Gasteiger partial charge in [-0.3, -0.25) is 9.62 Å². The second kappa shape index (κ2) is 6.46. The first-order valence-electron chi connectivity index (χ1n) is 8.99. The molecule has 0 spiro atoms. The van der Waals surface area contributed by atoms with Gasteiger partial charge in [-0.15, -0.1) is 0 Å². The van der Waals surface area contributed by atoms with Gasteiger partial charge in [0, 0.05) is 43.7 Å². The third kappa shape index (κ3) is 2.77. The molecule has 3 aliphatic rings. The molecule has 2 saturated heterocycles. The predicted octanol–water partition coefficient (Wildman–Crippen LogP) is 0.457. The molecular formula is C17H23N5O3S. The van der Waals surface area contributed by atoms with Crippen molar-refractivity contribution in [3.8, 4) is 6.07 Å². The van der Waals surface area contributed by atoms with E-state index in [2.05, 4.69) is 20.7 Å². The van der Waals surface area contributed by atoms with Crippen LogP contribution < -0.4 is 4.72 Å². The first kappa shape index (κ1) is 17.7. The second-order valence-corrected chi connectivity index (χ2v) is 8.71. The van der Waals surface area contributed by atoms with Gasteiger partial charge in [0.05, 0.1) is 19.3 Å². The van der Waals surface area contributed by atoms with E-state index in [0.29, 0.717) is 32.1 Å². The van der Waals surface area contributed by atoms with Gasteiger partial charge >= 0.3 is 10.2 Å². The molecule has 26 heavy (non-hydrogen) atoms. The molecule has 3 heterocycles. The normalized spacial score (nSPS) is 32.0. The Balaban J connectivity index is 1.44. The Labute approximate surface area is 153 Å². The summed E-state index contributed by atoms with van der Waals surface area (Å²) in [6, 6.07) is 7.79. The third-order valence-corrected chi connectivity index (χ3v) is 7.21. The van der Waals surface area contributed by atoms with E-state index in [1.165, 1.54) is 4.31 Å². The van der Waals surface area contributed by atoms with E-state index in [1.54, 1.807) is 12.1 Å². The number of anilines is 1. The van der Waals surface area contributed by atoms with Gasteiger partial charge in [-0.2, -0.15) is 18.0 Å². The fourth-order valence-corrected chi connectivity index (χ4v) is 5.55. The van der Waals surface area contributed by atoms with Crippen molar-refractivity contribution in [3.05, 3.63) is 23.9 Å². The van der Waals surface area contributed by atoms with E-state index in [1.807, 2.05) is 13.0 Å². The highest BCUT2D eigenvalue weighted by molar-refractivity contribution is 7.90. The summed E-state index contributed by atoms with van der Waals surface area (Å²) in [7, 11) is -3.66. The molecule has 4 rings (SSSR count). The number of hydrogen-bond donors (Lipinski definition) is 1. The number of nitrogens with zero attached hydrogens (tertiary/aromatic N) is 4. The molecular weight excluding hydrogens is 354 g/mol. The first-order valence-corrected chi connectivity index (χ1v) is 10.4. The second-order valence-electron chi connectivity index (χ2n) is 7.04. The van der Waals surface area contributed by atoms with Crippen LogP contribution in [0.15, 0.2) is 18.2 Å². The fourth-order valence-electron chi connectivity index (χ4n) is 4.33. The molecule has 9 heteroatoms. The van der Waals surface area contributed by atoms with E-state index in [9.17, 15) is 13.7 Å². The van der Waals surface area contributed by atoms with Gasteiger partial charge in [-0.05, 0) is 18.6 Å². The van der Waals surface area contributed by atoms with Crippen molar-refractivity contribution in [1.29, 1.82) is 5.26 Å². The Morgan fingerprint density at radius 3 is 2.65 bits per heavy atom. The van der Waals surface area contributed by atoms with Gasteiger partial charge < -0.3 is 4.74 Å². The Morgan fingerprint density at radius 1 is 1.35 bits per heavy atom. The molecule has 2 aliphatic heterocycles. The number of fused-ring (bicyclic) bond motifs is 1. The molecule has 3 fully saturated rings. The maximum absolute atomic E-state index is 12.7. The number of aromatic nitrogens is 1. The van der Waals surface area contributed by atoms with E-state index >= 15 is 0 Å². The van der Waals surface area contributed by atoms with E-state index in [-0.39, 0.29) is 11.8 Å². The van der Waals surface area contributed by atoms with E-state index < -0.39 is 15.7 Å². The van der Waals surface area contributed by atoms with Gasteiger partial charge in [0.25, 0.3) is 0 Å². The van der Waals surface area contributed by atoms with Gasteiger partial charge in [-0.25, -0.2) is 4.98 Å². The predicted molar refractivity (Wildman–Crippen MR) is 95.4 cm³/mol. The van der Waals surface area contributed by atoms with Crippen molar-refractivity contribution >= 4 is 16.0 Å². The molecule has 0 aromatic carbocycles. The minimum Gasteiger partial charge on any atom is -0.379 e. The molecule has 1 aromatic rings. The average molecular weight is 377 g/mol. The van der Waals surface area contributed by atoms with Crippen molar-refractivity contribution in [3.63, 3.8) is 0 Å². The number of ether oxygens (including phenoxy) is 1. The van der Waals surface area contributed by atoms with Crippen LogP contribution in [-0.2, 0) is 21.4 Å². The smallest absolute Gasteiger partial charge is 0.302 e. The summed E-state index contributed by atoms with van der Waals surface area (Å²) < 4.78 is 34.8. The molecule has 0 bridgehead atoms. The topological polar surface area (TPSA) is 98.6 Å². The summed E-state index contributed by atoms with van der Waals surface area (Å²) >= 11 is 0.